The Morgan fingerprint density at radius 2 is 2.03 bits per heavy atom. The standard InChI is InChI=1S/C21H17ClF4N4O2/c1-11-7-13(21(24,25)26)9-18(28-11)30-17(8-12(5-6-27)19(30)31)20(32)29(2)14-3-4-16(23)15(22)10-14/h3-4,7,9-10,12,17H,5,8H2,1-2H3. The minimum atomic E-state index is -4.68. The fourth-order valence-electron chi connectivity index (χ4n) is 3.57. The van der Waals surface area contributed by atoms with Crippen LogP contribution in [0.4, 0.5) is 29.1 Å². The molecule has 0 aliphatic carbocycles. The molecule has 11 heteroatoms. The van der Waals surface area contributed by atoms with Crippen LogP contribution in [0.15, 0.2) is 30.3 Å². The lowest BCUT2D eigenvalue weighted by atomic mass is 10.0. The molecular weight excluding hydrogens is 452 g/mol. The zero-order valence-electron chi connectivity index (χ0n) is 17.0. The molecule has 2 heterocycles. The van der Waals surface area contributed by atoms with Crippen molar-refractivity contribution in [2.75, 3.05) is 16.8 Å². The van der Waals surface area contributed by atoms with Gasteiger partial charge in [-0.2, -0.15) is 18.4 Å². The van der Waals surface area contributed by atoms with Crippen molar-refractivity contribution in [3.63, 3.8) is 0 Å². The predicted molar refractivity (Wildman–Crippen MR) is 108 cm³/mol. The molecule has 0 bridgehead atoms. The second-order valence-electron chi connectivity index (χ2n) is 7.37. The highest BCUT2D eigenvalue weighted by molar-refractivity contribution is 6.31. The normalized spacial score (nSPS) is 18.6. The van der Waals surface area contributed by atoms with Crippen molar-refractivity contribution in [1.82, 2.24) is 4.98 Å². The summed E-state index contributed by atoms with van der Waals surface area (Å²) in [6, 6.07) is 5.78. The molecule has 0 spiro atoms. The van der Waals surface area contributed by atoms with Crippen LogP contribution in [0, 0.1) is 30.0 Å². The van der Waals surface area contributed by atoms with E-state index in [1.54, 1.807) is 0 Å². The number of nitriles is 1. The van der Waals surface area contributed by atoms with E-state index in [1.807, 2.05) is 6.07 Å². The van der Waals surface area contributed by atoms with E-state index in [2.05, 4.69) is 4.98 Å². The van der Waals surface area contributed by atoms with Crippen molar-refractivity contribution < 1.29 is 27.2 Å². The molecule has 1 aromatic heterocycles. The number of hydrogen-bond acceptors (Lipinski definition) is 4. The number of amides is 2. The fraction of sp³-hybridized carbons (Fsp3) is 0.333. The molecule has 32 heavy (non-hydrogen) atoms. The number of nitrogens with zero attached hydrogens (tertiary/aromatic N) is 4. The number of hydrogen-bond donors (Lipinski definition) is 0. The Kier molecular flexibility index (Phi) is 6.41. The maximum atomic E-state index is 13.5. The number of carbonyl (C=O) groups is 2. The Balaban J connectivity index is 2.04. The Bertz CT molecular complexity index is 1120. The first-order chi connectivity index (χ1) is 14.9. The molecule has 2 unspecified atom stereocenters. The minimum Gasteiger partial charge on any atom is -0.314 e. The molecule has 0 saturated carbocycles. The van der Waals surface area contributed by atoms with Gasteiger partial charge in [0.15, 0.2) is 0 Å². The molecule has 0 radical (unpaired) electrons. The van der Waals surface area contributed by atoms with Crippen molar-refractivity contribution in [2.45, 2.75) is 32.0 Å². The summed E-state index contributed by atoms with van der Waals surface area (Å²) in [6.45, 7) is 1.34. The van der Waals surface area contributed by atoms with Crippen LogP contribution in [-0.4, -0.2) is 29.9 Å². The number of halogens is 5. The summed E-state index contributed by atoms with van der Waals surface area (Å²) in [6.07, 6.45) is -4.97. The van der Waals surface area contributed by atoms with Gasteiger partial charge < -0.3 is 4.90 Å². The van der Waals surface area contributed by atoms with Crippen LogP contribution in [0.1, 0.15) is 24.1 Å². The number of pyridine rings is 1. The Labute approximate surface area is 186 Å². The van der Waals surface area contributed by atoms with E-state index < -0.39 is 41.3 Å². The van der Waals surface area contributed by atoms with Gasteiger partial charge in [-0.05, 0) is 43.7 Å². The van der Waals surface area contributed by atoms with Crippen LogP contribution in [0.3, 0.4) is 0 Å². The molecule has 2 amide bonds. The van der Waals surface area contributed by atoms with Crippen LogP contribution >= 0.6 is 11.6 Å². The van der Waals surface area contributed by atoms with Crippen LogP contribution < -0.4 is 9.80 Å². The molecule has 168 valence electrons. The molecule has 1 saturated heterocycles. The lowest BCUT2D eigenvalue weighted by Gasteiger charge is -2.28. The molecule has 6 nitrogen and oxygen atoms in total. The largest absolute Gasteiger partial charge is 0.416 e. The summed E-state index contributed by atoms with van der Waals surface area (Å²) in [5.74, 6) is -3.20. The topological polar surface area (TPSA) is 77.3 Å². The van der Waals surface area contributed by atoms with Gasteiger partial charge in [0, 0.05) is 24.8 Å². The number of likely N-dealkylation sites (N-methyl/N-ethyl adjacent to an activating group) is 1. The number of alkyl halides is 3. The molecule has 1 aliphatic rings. The van der Waals surface area contributed by atoms with Gasteiger partial charge in [-0.3, -0.25) is 14.5 Å². The summed E-state index contributed by atoms with van der Waals surface area (Å²) in [5, 5.41) is 8.81. The minimum absolute atomic E-state index is 0.0104. The summed E-state index contributed by atoms with van der Waals surface area (Å²) in [7, 11) is 1.37. The average Bonchev–Trinajstić information content (AvgIpc) is 3.04. The van der Waals surface area contributed by atoms with Gasteiger partial charge in [0.1, 0.15) is 17.7 Å². The predicted octanol–water partition coefficient (Wildman–Crippen LogP) is 4.50. The van der Waals surface area contributed by atoms with Gasteiger partial charge in [0.2, 0.25) is 11.8 Å². The quantitative estimate of drug-likeness (QED) is 0.619. The van der Waals surface area contributed by atoms with Crippen molar-refractivity contribution in [2.24, 2.45) is 5.92 Å². The first-order valence-electron chi connectivity index (χ1n) is 9.42. The van der Waals surface area contributed by atoms with Crippen molar-refractivity contribution in [1.29, 1.82) is 5.26 Å². The maximum Gasteiger partial charge on any atom is 0.416 e. The maximum absolute atomic E-state index is 13.5. The Morgan fingerprint density at radius 3 is 2.62 bits per heavy atom. The molecule has 2 atom stereocenters. The van der Waals surface area contributed by atoms with E-state index in [0.29, 0.717) is 6.07 Å². The van der Waals surface area contributed by atoms with Crippen LogP contribution in [-0.2, 0) is 15.8 Å². The van der Waals surface area contributed by atoms with Crippen molar-refractivity contribution >= 4 is 34.9 Å². The van der Waals surface area contributed by atoms with E-state index in [9.17, 15) is 27.2 Å². The highest BCUT2D eigenvalue weighted by Crippen LogP contribution is 2.37. The van der Waals surface area contributed by atoms with Crippen molar-refractivity contribution in [3.8, 4) is 6.07 Å². The Morgan fingerprint density at radius 1 is 1.34 bits per heavy atom. The molecule has 1 aromatic carbocycles. The van der Waals surface area contributed by atoms with E-state index in [-0.39, 0.29) is 35.1 Å². The highest BCUT2D eigenvalue weighted by Gasteiger charge is 2.46. The number of aromatic nitrogens is 1. The third kappa shape index (κ3) is 4.53. The third-order valence-corrected chi connectivity index (χ3v) is 5.45. The van der Waals surface area contributed by atoms with Crippen LogP contribution in [0.2, 0.25) is 5.02 Å². The smallest absolute Gasteiger partial charge is 0.314 e. The molecule has 3 rings (SSSR count). The molecule has 1 fully saturated rings. The number of carbonyl (C=O) groups excluding carboxylic acids is 2. The first-order valence-corrected chi connectivity index (χ1v) is 9.80. The Hall–Kier alpha value is -3.19. The van der Waals surface area contributed by atoms with E-state index >= 15 is 0 Å². The molecular formula is C21H17ClF4N4O2. The van der Waals surface area contributed by atoms with E-state index in [0.717, 1.165) is 21.9 Å². The monoisotopic (exact) mass is 468 g/mol. The summed E-state index contributed by atoms with van der Waals surface area (Å²) in [4.78, 5) is 32.3. The first kappa shape index (κ1) is 23.5. The fourth-order valence-corrected chi connectivity index (χ4v) is 3.75. The summed E-state index contributed by atoms with van der Waals surface area (Å²) >= 11 is 5.78. The highest BCUT2D eigenvalue weighted by atomic mass is 35.5. The zero-order chi connectivity index (χ0) is 23.8. The van der Waals surface area contributed by atoms with Gasteiger partial charge in [-0.25, -0.2) is 9.37 Å². The average molecular weight is 469 g/mol. The lowest BCUT2D eigenvalue weighted by Crippen LogP contribution is -2.46. The van der Waals surface area contributed by atoms with Gasteiger partial charge in [-0.1, -0.05) is 11.6 Å². The van der Waals surface area contributed by atoms with Gasteiger partial charge in [0.05, 0.1) is 22.6 Å². The van der Waals surface area contributed by atoms with E-state index in [4.69, 9.17) is 16.9 Å². The SMILES string of the molecule is Cc1cc(C(F)(F)F)cc(N2C(=O)C(CC#N)CC2C(=O)N(C)c2ccc(F)c(Cl)c2)n1. The number of rotatable bonds is 4. The van der Waals surface area contributed by atoms with Gasteiger partial charge >= 0.3 is 6.18 Å². The number of aryl methyl sites for hydroxylation is 1. The number of benzene rings is 1. The van der Waals surface area contributed by atoms with Gasteiger partial charge in [-0.15, -0.1) is 0 Å². The second-order valence-corrected chi connectivity index (χ2v) is 7.77. The molecule has 1 aliphatic heterocycles. The van der Waals surface area contributed by atoms with Crippen LogP contribution in [0.5, 0.6) is 0 Å². The summed E-state index contributed by atoms with van der Waals surface area (Å²) in [5.41, 5.74) is -0.775. The zero-order valence-corrected chi connectivity index (χ0v) is 17.7. The molecule has 2 aromatic rings. The van der Waals surface area contributed by atoms with E-state index in [1.165, 1.54) is 26.1 Å². The van der Waals surface area contributed by atoms with Gasteiger partial charge in [0.25, 0.3) is 0 Å². The summed E-state index contributed by atoms with van der Waals surface area (Å²) < 4.78 is 53.4. The molecule has 0 N–H and O–H groups in total. The van der Waals surface area contributed by atoms with Crippen molar-refractivity contribution in [3.05, 3.63) is 52.4 Å². The third-order valence-electron chi connectivity index (χ3n) is 5.16. The lowest BCUT2D eigenvalue weighted by molar-refractivity contribution is -0.137. The van der Waals surface area contributed by atoms with Crippen LogP contribution in [0.25, 0.3) is 0 Å². The number of anilines is 2. The second kappa shape index (κ2) is 8.74.